The number of benzene rings is 1. The molecule has 0 spiro atoms. The summed E-state index contributed by atoms with van der Waals surface area (Å²) in [5, 5.41) is 3.37. The highest BCUT2D eigenvalue weighted by molar-refractivity contribution is 5.96. The standard InChI is InChI=1S/C15H18N4O/c20-15(6-10-18-11-8-16-12-18)19-9-3-7-17-13-4-1-2-5-14(13)19/h1-2,4-5,8,11-12,17H,3,6-7,9-10H2. The van der Waals surface area contributed by atoms with Crippen LogP contribution in [0, 0.1) is 0 Å². The number of nitrogens with zero attached hydrogens (tertiary/aromatic N) is 3. The van der Waals surface area contributed by atoms with Crippen molar-refractivity contribution in [2.75, 3.05) is 23.3 Å². The second-order valence-electron chi connectivity index (χ2n) is 4.89. The van der Waals surface area contributed by atoms with Gasteiger partial charge in [0.1, 0.15) is 0 Å². The molecular formula is C15H18N4O. The second-order valence-corrected chi connectivity index (χ2v) is 4.89. The number of hydrogen-bond donors (Lipinski definition) is 1. The van der Waals surface area contributed by atoms with Crippen molar-refractivity contribution in [2.45, 2.75) is 19.4 Å². The number of aryl methyl sites for hydroxylation is 1. The van der Waals surface area contributed by atoms with E-state index in [4.69, 9.17) is 0 Å². The topological polar surface area (TPSA) is 50.2 Å². The van der Waals surface area contributed by atoms with Gasteiger partial charge in [0, 0.05) is 38.4 Å². The molecule has 3 rings (SSSR count). The molecule has 0 atom stereocenters. The van der Waals surface area contributed by atoms with Crippen molar-refractivity contribution in [3.63, 3.8) is 0 Å². The molecule has 1 aromatic carbocycles. The van der Waals surface area contributed by atoms with Gasteiger partial charge < -0.3 is 14.8 Å². The zero-order valence-corrected chi connectivity index (χ0v) is 11.3. The summed E-state index contributed by atoms with van der Waals surface area (Å²) in [4.78, 5) is 18.4. The van der Waals surface area contributed by atoms with Gasteiger partial charge in [0.05, 0.1) is 17.7 Å². The number of fused-ring (bicyclic) bond motifs is 1. The molecule has 0 saturated carbocycles. The number of amides is 1. The van der Waals surface area contributed by atoms with Gasteiger partial charge in [0.2, 0.25) is 5.91 Å². The Hall–Kier alpha value is -2.30. The molecule has 1 aliphatic heterocycles. The van der Waals surface area contributed by atoms with Crippen LogP contribution in [0.15, 0.2) is 43.0 Å². The van der Waals surface area contributed by atoms with E-state index in [2.05, 4.69) is 10.3 Å². The Balaban J connectivity index is 1.73. The van der Waals surface area contributed by atoms with Crippen molar-refractivity contribution in [1.29, 1.82) is 0 Å². The molecule has 1 aliphatic rings. The summed E-state index contributed by atoms with van der Waals surface area (Å²) >= 11 is 0. The zero-order valence-electron chi connectivity index (χ0n) is 11.3. The third-order valence-corrected chi connectivity index (χ3v) is 3.51. The molecule has 5 heteroatoms. The fourth-order valence-electron chi connectivity index (χ4n) is 2.48. The second kappa shape index (κ2) is 5.77. The lowest BCUT2D eigenvalue weighted by Crippen LogP contribution is -2.32. The van der Waals surface area contributed by atoms with Crippen LogP contribution in [0.2, 0.25) is 0 Å². The molecule has 0 fully saturated rings. The smallest absolute Gasteiger partial charge is 0.228 e. The summed E-state index contributed by atoms with van der Waals surface area (Å²) < 4.78 is 1.93. The van der Waals surface area contributed by atoms with E-state index in [1.54, 1.807) is 12.5 Å². The molecule has 2 heterocycles. The molecule has 2 aromatic rings. The predicted octanol–water partition coefficient (Wildman–Crippen LogP) is 2.12. The van der Waals surface area contributed by atoms with Gasteiger partial charge in [-0.25, -0.2) is 4.98 Å². The van der Waals surface area contributed by atoms with Gasteiger partial charge in [-0.2, -0.15) is 0 Å². The maximum absolute atomic E-state index is 12.5. The summed E-state index contributed by atoms with van der Waals surface area (Å²) in [6.45, 7) is 2.35. The van der Waals surface area contributed by atoms with E-state index in [0.717, 1.165) is 30.9 Å². The van der Waals surface area contributed by atoms with Crippen LogP contribution in [-0.2, 0) is 11.3 Å². The third kappa shape index (κ3) is 2.66. The first-order valence-corrected chi connectivity index (χ1v) is 6.93. The lowest BCUT2D eigenvalue weighted by Gasteiger charge is -2.22. The van der Waals surface area contributed by atoms with Gasteiger partial charge in [-0.1, -0.05) is 12.1 Å². The number of aromatic nitrogens is 2. The summed E-state index contributed by atoms with van der Waals surface area (Å²) in [7, 11) is 0. The molecule has 5 nitrogen and oxygen atoms in total. The van der Waals surface area contributed by atoms with E-state index in [1.165, 1.54) is 0 Å². The molecule has 0 bridgehead atoms. The Morgan fingerprint density at radius 2 is 2.25 bits per heavy atom. The average Bonchev–Trinajstić information content (AvgIpc) is 2.90. The molecule has 1 aromatic heterocycles. The number of carbonyl (C=O) groups is 1. The quantitative estimate of drug-likeness (QED) is 0.929. The lowest BCUT2D eigenvalue weighted by atomic mass is 10.2. The van der Waals surface area contributed by atoms with E-state index < -0.39 is 0 Å². The summed E-state index contributed by atoms with van der Waals surface area (Å²) in [5.74, 6) is 0.162. The van der Waals surface area contributed by atoms with E-state index in [1.807, 2.05) is 39.9 Å². The largest absolute Gasteiger partial charge is 0.383 e. The molecule has 0 unspecified atom stereocenters. The van der Waals surface area contributed by atoms with Crippen LogP contribution in [0.3, 0.4) is 0 Å². The van der Waals surface area contributed by atoms with Gasteiger partial charge in [0.25, 0.3) is 0 Å². The monoisotopic (exact) mass is 270 g/mol. The third-order valence-electron chi connectivity index (χ3n) is 3.51. The maximum atomic E-state index is 12.5. The molecule has 1 N–H and O–H groups in total. The number of nitrogens with one attached hydrogen (secondary N) is 1. The molecule has 1 amide bonds. The lowest BCUT2D eigenvalue weighted by molar-refractivity contribution is -0.118. The van der Waals surface area contributed by atoms with Crippen molar-refractivity contribution in [3.05, 3.63) is 43.0 Å². The minimum Gasteiger partial charge on any atom is -0.383 e. The minimum atomic E-state index is 0.162. The van der Waals surface area contributed by atoms with Crippen LogP contribution in [0.5, 0.6) is 0 Å². The molecule has 20 heavy (non-hydrogen) atoms. The van der Waals surface area contributed by atoms with Crippen LogP contribution >= 0.6 is 0 Å². The number of anilines is 2. The van der Waals surface area contributed by atoms with Crippen LogP contribution < -0.4 is 10.2 Å². The summed E-state index contributed by atoms with van der Waals surface area (Å²) in [5.41, 5.74) is 2.03. The zero-order chi connectivity index (χ0) is 13.8. The fraction of sp³-hybridized carbons (Fsp3) is 0.333. The van der Waals surface area contributed by atoms with Gasteiger partial charge in [-0.3, -0.25) is 4.79 Å². The van der Waals surface area contributed by atoms with Crippen molar-refractivity contribution in [3.8, 4) is 0 Å². The van der Waals surface area contributed by atoms with Gasteiger partial charge in [0.15, 0.2) is 0 Å². The summed E-state index contributed by atoms with van der Waals surface area (Å²) in [6, 6.07) is 7.99. The van der Waals surface area contributed by atoms with Crippen LogP contribution in [0.25, 0.3) is 0 Å². The highest BCUT2D eigenvalue weighted by Gasteiger charge is 2.20. The van der Waals surface area contributed by atoms with Crippen LogP contribution in [0.4, 0.5) is 11.4 Å². The van der Waals surface area contributed by atoms with Crippen molar-refractivity contribution in [1.82, 2.24) is 9.55 Å². The first-order chi connectivity index (χ1) is 9.84. The highest BCUT2D eigenvalue weighted by atomic mass is 16.2. The first-order valence-electron chi connectivity index (χ1n) is 6.93. The average molecular weight is 270 g/mol. The van der Waals surface area contributed by atoms with Crippen molar-refractivity contribution < 1.29 is 4.79 Å². The van der Waals surface area contributed by atoms with E-state index in [-0.39, 0.29) is 5.91 Å². The van der Waals surface area contributed by atoms with Gasteiger partial charge in [-0.05, 0) is 18.6 Å². The van der Waals surface area contributed by atoms with Crippen LogP contribution in [-0.4, -0.2) is 28.5 Å². The minimum absolute atomic E-state index is 0.162. The predicted molar refractivity (Wildman–Crippen MR) is 78.7 cm³/mol. The number of imidazole rings is 1. The molecule has 0 aliphatic carbocycles. The molecule has 0 saturated heterocycles. The molecule has 0 radical (unpaired) electrons. The van der Waals surface area contributed by atoms with Crippen LogP contribution in [0.1, 0.15) is 12.8 Å². The van der Waals surface area contributed by atoms with Gasteiger partial charge >= 0.3 is 0 Å². The Labute approximate surface area is 118 Å². The Morgan fingerprint density at radius 1 is 1.35 bits per heavy atom. The van der Waals surface area contributed by atoms with Crippen molar-refractivity contribution >= 4 is 17.3 Å². The Kier molecular flexibility index (Phi) is 3.67. The SMILES string of the molecule is O=C(CCn1ccnc1)N1CCCNc2ccccc21. The van der Waals surface area contributed by atoms with E-state index in [0.29, 0.717) is 13.0 Å². The van der Waals surface area contributed by atoms with E-state index >= 15 is 0 Å². The number of carbonyl (C=O) groups excluding carboxylic acids is 1. The maximum Gasteiger partial charge on any atom is 0.228 e. The number of hydrogen-bond acceptors (Lipinski definition) is 3. The number of rotatable bonds is 3. The van der Waals surface area contributed by atoms with Gasteiger partial charge in [-0.15, -0.1) is 0 Å². The first kappa shape index (κ1) is 12.7. The number of para-hydroxylation sites is 2. The summed E-state index contributed by atoms with van der Waals surface area (Å²) in [6.07, 6.45) is 6.81. The van der Waals surface area contributed by atoms with E-state index in [9.17, 15) is 4.79 Å². The fourth-order valence-corrected chi connectivity index (χ4v) is 2.48. The highest BCUT2D eigenvalue weighted by Crippen LogP contribution is 2.28. The molecular weight excluding hydrogens is 252 g/mol. The Morgan fingerprint density at radius 3 is 3.10 bits per heavy atom. The normalized spacial score (nSPS) is 14.3. The Bertz CT molecular complexity index is 579. The molecule has 104 valence electrons. The van der Waals surface area contributed by atoms with Crippen molar-refractivity contribution in [2.24, 2.45) is 0 Å².